The third kappa shape index (κ3) is 2.61. The number of nitrogens with zero attached hydrogens (tertiary/aromatic N) is 4. The van der Waals surface area contributed by atoms with Crippen LogP contribution in [-0.2, 0) is 13.1 Å². The van der Waals surface area contributed by atoms with Crippen molar-refractivity contribution < 1.29 is 4.79 Å². The number of carbonyl (C=O) groups excluding carboxylic acids is 1. The summed E-state index contributed by atoms with van der Waals surface area (Å²) in [5.74, 6) is -0.120. The van der Waals surface area contributed by atoms with Gasteiger partial charge in [0.25, 0.3) is 5.91 Å². The minimum absolute atomic E-state index is 0.120. The topological polar surface area (TPSA) is 66.8 Å². The van der Waals surface area contributed by atoms with Gasteiger partial charge in [-0.05, 0) is 28.9 Å². The number of H-pyrrole nitrogens is 1. The highest BCUT2D eigenvalue weighted by molar-refractivity contribution is 9.10. The molecule has 2 aromatic rings. The minimum atomic E-state index is -0.120. The molecule has 0 fully saturated rings. The van der Waals surface area contributed by atoms with Gasteiger partial charge in [0.15, 0.2) is 0 Å². The smallest absolute Gasteiger partial charge is 0.273 e. The zero-order valence-corrected chi connectivity index (χ0v) is 11.8. The predicted molar refractivity (Wildman–Crippen MR) is 70.0 cm³/mol. The summed E-state index contributed by atoms with van der Waals surface area (Å²) in [5, 5.41) is 10.8. The van der Waals surface area contributed by atoms with E-state index in [1.165, 1.54) is 0 Å². The molecule has 0 aliphatic rings. The number of halogens is 1. The van der Waals surface area contributed by atoms with Gasteiger partial charge >= 0.3 is 0 Å². The van der Waals surface area contributed by atoms with Gasteiger partial charge in [0.1, 0.15) is 5.69 Å². The SMILES string of the molecule is CCn1ccc(CN(C)C(=O)c2[nH]ncc2Br)n1. The first-order valence-corrected chi connectivity index (χ1v) is 6.37. The van der Waals surface area contributed by atoms with E-state index in [-0.39, 0.29) is 5.91 Å². The average Bonchev–Trinajstić information content (AvgIpc) is 2.97. The molecule has 0 aromatic carbocycles. The van der Waals surface area contributed by atoms with Crippen LogP contribution in [0.1, 0.15) is 23.1 Å². The predicted octanol–water partition coefficient (Wildman–Crippen LogP) is 1.66. The van der Waals surface area contributed by atoms with Crippen molar-refractivity contribution in [3.8, 4) is 0 Å². The van der Waals surface area contributed by atoms with Gasteiger partial charge in [-0.3, -0.25) is 14.6 Å². The summed E-state index contributed by atoms with van der Waals surface area (Å²) in [5.41, 5.74) is 1.32. The van der Waals surface area contributed by atoms with E-state index in [9.17, 15) is 4.79 Å². The Labute approximate surface area is 113 Å². The summed E-state index contributed by atoms with van der Waals surface area (Å²) in [6, 6.07) is 1.91. The van der Waals surface area contributed by atoms with Crippen LogP contribution >= 0.6 is 15.9 Å². The van der Waals surface area contributed by atoms with E-state index in [2.05, 4.69) is 31.2 Å². The van der Waals surface area contributed by atoms with Crippen LogP contribution in [0.15, 0.2) is 22.9 Å². The van der Waals surface area contributed by atoms with Gasteiger partial charge in [0, 0.05) is 19.8 Å². The maximum Gasteiger partial charge on any atom is 0.273 e. The number of carbonyl (C=O) groups is 1. The molecular weight excluding hydrogens is 298 g/mol. The summed E-state index contributed by atoms with van der Waals surface area (Å²) in [6.45, 7) is 3.31. The largest absolute Gasteiger partial charge is 0.334 e. The lowest BCUT2D eigenvalue weighted by Gasteiger charge is -2.14. The summed E-state index contributed by atoms with van der Waals surface area (Å²) >= 11 is 3.27. The highest BCUT2D eigenvalue weighted by atomic mass is 79.9. The molecule has 0 aliphatic carbocycles. The maximum atomic E-state index is 12.1. The normalized spacial score (nSPS) is 10.6. The molecule has 0 saturated carbocycles. The van der Waals surface area contributed by atoms with Crippen LogP contribution in [0, 0.1) is 0 Å². The first-order valence-electron chi connectivity index (χ1n) is 5.58. The fourth-order valence-electron chi connectivity index (χ4n) is 1.59. The standard InChI is InChI=1S/C11H14BrN5O/c1-3-17-5-4-8(15-17)7-16(2)11(18)10-9(12)6-13-14-10/h4-6H,3,7H2,1-2H3,(H,13,14). The Hall–Kier alpha value is -1.63. The molecule has 6 nitrogen and oxygen atoms in total. The monoisotopic (exact) mass is 311 g/mol. The molecule has 2 aromatic heterocycles. The molecule has 0 saturated heterocycles. The van der Waals surface area contributed by atoms with Crippen molar-refractivity contribution in [3.05, 3.63) is 34.3 Å². The molecule has 0 atom stereocenters. The van der Waals surface area contributed by atoms with Crippen LogP contribution in [0.4, 0.5) is 0 Å². The number of aryl methyl sites for hydroxylation is 1. The Morgan fingerprint density at radius 2 is 2.39 bits per heavy atom. The van der Waals surface area contributed by atoms with E-state index in [1.807, 2.05) is 23.9 Å². The molecule has 1 amide bonds. The molecule has 2 rings (SSSR count). The molecule has 0 bridgehead atoms. The van der Waals surface area contributed by atoms with E-state index >= 15 is 0 Å². The number of aromatic amines is 1. The summed E-state index contributed by atoms with van der Waals surface area (Å²) < 4.78 is 2.50. The Kier molecular flexibility index (Phi) is 3.81. The van der Waals surface area contributed by atoms with Crippen LogP contribution in [0.3, 0.4) is 0 Å². The maximum absolute atomic E-state index is 12.1. The Morgan fingerprint density at radius 3 is 2.94 bits per heavy atom. The number of aromatic nitrogens is 4. The lowest BCUT2D eigenvalue weighted by Crippen LogP contribution is -2.27. The third-order valence-corrected chi connectivity index (χ3v) is 3.17. The van der Waals surface area contributed by atoms with Crippen LogP contribution in [0.5, 0.6) is 0 Å². The van der Waals surface area contributed by atoms with Crippen LogP contribution in [0.25, 0.3) is 0 Å². The van der Waals surface area contributed by atoms with Gasteiger partial charge < -0.3 is 4.90 Å². The summed E-state index contributed by atoms with van der Waals surface area (Å²) in [7, 11) is 1.74. The van der Waals surface area contributed by atoms with E-state index in [0.717, 1.165) is 12.2 Å². The lowest BCUT2D eigenvalue weighted by molar-refractivity contribution is 0.0776. The van der Waals surface area contributed by atoms with Crippen molar-refractivity contribution >= 4 is 21.8 Å². The van der Waals surface area contributed by atoms with E-state index < -0.39 is 0 Å². The zero-order chi connectivity index (χ0) is 13.1. The molecule has 0 unspecified atom stereocenters. The second-order valence-electron chi connectivity index (χ2n) is 3.92. The molecule has 18 heavy (non-hydrogen) atoms. The van der Waals surface area contributed by atoms with Crippen molar-refractivity contribution in [2.24, 2.45) is 0 Å². The minimum Gasteiger partial charge on any atom is -0.334 e. The Morgan fingerprint density at radius 1 is 1.61 bits per heavy atom. The van der Waals surface area contributed by atoms with Gasteiger partial charge in [0.2, 0.25) is 0 Å². The van der Waals surface area contributed by atoms with E-state index in [4.69, 9.17) is 0 Å². The molecule has 1 N–H and O–H groups in total. The number of nitrogens with one attached hydrogen (secondary N) is 1. The summed E-state index contributed by atoms with van der Waals surface area (Å²) in [4.78, 5) is 13.7. The van der Waals surface area contributed by atoms with E-state index in [1.54, 1.807) is 18.1 Å². The highest BCUT2D eigenvalue weighted by Crippen LogP contribution is 2.15. The summed E-state index contributed by atoms with van der Waals surface area (Å²) in [6.07, 6.45) is 3.46. The van der Waals surface area contributed by atoms with Crippen molar-refractivity contribution in [1.82, 2.24) is 24.9 Å². The molecule has 0 spiro atoms. The number of hydrogen-bond donors (Lipinski definition) is 1. The average molecular weight is 312 g/mol. The van der Waals surface area contributed by atoms with Gasteiger partial charge in [-0.1, -0.05) is 0 Å². The molecule has 0 radical (unpaired) electrons. The van der Waals surface area contributed by atoms with Crippen molar-refractivity contribution in [3.63, 3.8) is 0 Å². The molecule has 7 heteroatoms. The Balaban J connectivity index is 2.06. The quantitative estimate of drug-likeness (QED) is 0.933. The van der Waals surface area contributed by atoms with Crippen LogP contribution in [-0.4, -0.2) is 37.8 Å². The number of rotatable bonds is 4. The van der Waals surface area contributed by atoms with Crippen molar-refractivity contribution in [2.45, 2.75) is 20.0 Å². The van der Waals surface area contributed by atoms with Gasteiger partial charge in [-0.15, -0.1) is 0 Å². The van der Waals surface area contributed by atoms with Crippen LogP contribution < -0.4 is 0 Å². The number of hydrogen-bond acceptors (Lipinski definition) is 3. The van der Waals surface area contributed by atoms with Gasteiger partial charge in [0.05, 0.1) is 22.9 Å². The van der Waals surface area contributed by atoms with Gasteiger partial charge in [-0.2, -0.15) is 10.2 Å². The Bertz CT molecular complexity index is 547. The van der Waals surface area contributed by atoms with Crippen molar-refractivity contribution in [2.75, 3.05) is 7.05 Å². The second-order valence-corrected chi connectivity index (χ2v) is 4.77. The van der Waals surface area contributed by atoms with Crippen LogP contribution in [0.2, 0.25) is 0 Å². The molecule has 96 valence electrons. The van der Waals surface area contributed by atoms with Crippen molar-refractivity contribution in [1.29, 1.82) is 0 Å². The highest BCUT2D eigenvalue weighted by Gasteiger charge is 2.17. The van der Waals surface area contributed by atoms with Gasteiger partial charge in [-0.25, -0.2) is 0 Å². The molecular formula is C11H14BrN5O. The fourth-order valence-corrected chi connectivity index (χ4v) is 1.95. The fraction of sp³-hybridized carbons (Fsp3) is 0.364. The first-order chi connectivity index (χ1) is 8.61. The number of amides is 1. The first kappa shape index (κ1) is 12.8. The third-order valence-electron chi connectivity index (χ3n) is 2.57. The zero-order valence-electron chi connectivity index (χ0n) is 10.2. The van der Waals surface area contributed by atoms with E-state index in [0.29, 0.717) is 16.7 Å². The lowest BCUT2D eigenvalue weighted by atomic mass is 10.3. The molecule has 0 aliphatic heterocycles. The molecule has 2 heterocycles. The second kappa shape index (κ2) is 5.34.